The van der Waals surface area contributed by atoms with Crippen LogP contribution in [0.25, 0.3) is 0 Å². The van der Waals surface area contributed by atoms with Gasteiger partial charge in [-0.05, 0) is 42.5 Å². The molecule has 1 rings (SSSR count). The van der Waals surface area contributed by atoms with Crippen LogP contribution >= 0.6 is 23.2 Å². The van der Waals surface area contributed by atoms with Crippen molar-refractivity contribution >= 4 is 23.2 Å². The topological polar surface area (TPSA) is 0 Å². The molecule has 0 spiro atoms. The van der Waals surface area contributed by atoms with Crippen LogP contribution in [0.4, 0.5) is 0 Å². The number of halogens is 2. The molecule has 1 aromatic carbocycles. The molecule has 0 aliphatic heterocycles. The van der Waals surface area contributed by atoms with Crippen molar-refractivity contribution in [3.05, 3.63) is 33.8 Å². The maximum Gasteiger partial charge on any atom is 0.0423 e. The van der Waals surface area contributed by atoms with Crippen LogP contribution in [0.2, 0.25) is 10.0 Å². The van der Waals surface area contributed by atoms with Gasteiger partial charge in [0.05, 0.1) is 0 Å². The van der Waals surface area contributed by atoms with Crippen LogP contribution < -0.4 is 0 Å². The highest BCUT2D eigenvalue weighted by Crippen LogP contribution is 2.29. The molecule has 14 heavy (non-hydrogen) atoms. The number of hydrogen-bond donors (Lipinski definition) is 0. The minimum Gasteiger partial charge on any atom is -0.0843 e. The van der Waals surface area contributed by atoms with Crippen LogP contribution in [0.1, 0.15) is 44.6 Å². The van der Waals surface area contributed by atoms with Gasteiger partial charge in [0.1, 0.15) is 0 Å². The SMILES string of the molecule is CCCC(CC)c1cc(Cl)cc(Cl)c1. The van der Waals surface area contributed by atoms with Crippen LogP contribution in [0.3, 0.4) is 0 Å². The van der Waals surface area contributed by atoms with E-state index in [1.54, 1.807) is 6.07 Å². The van der Waals surface area contributed by atoms with E-state index in [-0.39, 0.29) is 0 Å². The van der Waals surface area contributed by atoms with Crippen molar-refractivity contribution in [3.63, 3.8) is 0 Å². The standard InChI is InChI=1S/C12H16Cl2/c1-3-5-9(4-2)10-6-11(13)8-12(14)7-10/h6-9H,3-5H2,1-2H3. The van der Waals surface area contributed by atoms with Gasteiger partial charge in [0.25, 0.3) is 0 Å². The zero-order chi connectivity index (χ0) is 10.6. The van der Waals surface area contributed by atoms with E-state index in [0.717, 1.165) is 16.5 Å². The number of hydrogen-bond acceptors (Lipinski definition) is 0. The Labute approximate surface area is 96.2 Å². The van der Waals surface area contributed by atoms with Crippen molar-refractivity contribution in [1.82, 2.24) is 0 Å². The van der Waals surface area contributed by atoms with Gasteiger partial charge in [-0.1, -0.05) is 43.5 Å². The third-order valence-corrected chi connectivity index (χ3v) is 2.92. The van der Waals surface area contributed by atoms with Crippen molar-refractivity contribution in [2.24, 2.45) is 0 Å². The summed E-state index contributed by atoms with van der Waals surface area (Å²) >= 11 is 11.9. The quantitative estimate of drug-likeness (QED) is 0.660. The Hall–Kier alpha value is -0.200. The summed E-state index contributed by atoms with van der Waals surface area (Å²) in [7, 11) is 0. The molecule has 1 aromatic rings. The summed E-state index contributed by atoms with van der Waals surface area (Å²) in [6.07, 6.45) is 3.54. The Kier molecular flexibility index (Phi) is 4.77. The summed E-state index contributed by atoms with van der Waals surface area (Å²) in [5.41, 5.74) is 1.27. The molecule has 1 unspecified atom stereocenters. The Balaban J connectivity index is 2.91. The fraction of sp³-hybridized carbons (Fsp3) is 0.500. The van der Waals surface area contributed by atoms with Crippen LogP contribution in [-0.4, -0.2) is 0 Å². The molecule has 0 saturated carbocycles. The monoisotopic (exact) mass is 230 g/mol. The molecule has 2 heteroatoms. The number of rotatable bonds is 4. The summed E-state index contributed by atoms with van der Waals surface area (Å²) in [4.78, 5) is 0. The molecule has 0 aliphatic carbocycles. The van der Waals surface area contributed by atoms with Crippen LogP contribution in [-0.2, 0) is 0 Å². The normalized spacial score (nSPS) is 12.9. The largest absolute Gasteiger partial charge is 0.0843 e. The van der Waals surface area contributed by atoms with Crippen LogP contribution in [0, 0.1) is 0 Å². The first kappa shape index (κ1) is 11.9. The van der Waals surface area contributed by atoms with Gasteiger partial charge in [-0.2, -0.15) is 0 Å². The molecular weight excluding hydrogens is 215 g/mol. The summed E-state index contributed by atoms with van der Waals surface area (Å²) in [5.74, 6) is 0.594. The van der Waals surface area contributed by atoms with E-state index in [0.29, 0.717) is 5.92 Å². The highest BCUT2D eigenvalue weighted by Gasteiger charge is 2.09. The average Bonchev–Trinajstić information content (AvgIpc) is 2.12. The molecule has 0 fully saturated rings. The van der Waals surface area contributed by atoms with Gasteiger partial charge in [-0.3, -0.25) is 0 Å². The zero-order valence-corrected chi connectivity index (χ0v) is 10.2. The first-order valence-electron chi connectivity index (χ1n) is 5.13. The Morgan fingerprint density at radius 2 is 1.64 bits per heavy atom. The lowest BCUT2D eigenvalue weighted by Crippen LogP contribution is -1.96. The zero-order valence-electron chi connectivity index (χ0n) is 8.69. The third-order valence-electron chi connectivity index (χ3n) is 2.49. The Morgan fingerprint density at radius 3 is 2.07 bits per heavy atom. The molecule has 78 valence electrons. The molecule has 0 heterocycles. The second kappa shape index (κ2) is 5.63. The maximum absolute atomic E-state index is 5.97. The minimum absolute atomic E-state index is 0.594. The summed E-state index contributed by atoms with van der Waals surface area (Å²) < 4.78 is 0. The van der Waals surface area contributed by atoms with Gasteiger partial charge in [0, 0.05) is 10.0 Å². The Bertz CT molecular complexity index is 274. The first-order chi connectivity index (χ1) is 6.67. The van der Waals surface area contributed by atoms with Crippen molar-refractivity contribution in [3.8, 4) is 0 Å². The molecule has 0 radical (unpaired) electrons. The second-order valence-corrected chi connectivity index (χ2v) is 4.47. The van der Waals surface area contributed by atoms with E-state index < -0.39 is 0 Å². The molecule has 0 N–H and O–H groups in total. The van der Waals surface area contributed by atoms with E-state index in [1.165, 1.54) is 18.4 Å². The molecule has 0 saturated heterocycles. The summed E-state index contributed by atoms with van der Waals surface area (Å²) in [5, 5.41) is 1.48. The molecule has 0 nitrogen and oxygen atoms in total. The van der Waals surface area contributed by atoms with Crippen molar-refractivity contribution in [2.45, 2.75) is 39.0 Å². The van der Waals surface area contributed by atoms with E-state index in [2.05, 4.69) is 13.8 Å². The molecule has 0 aliphatic rings. The molecule has 0 bridgehead atoms. The van der Waals surface area contributed by atoms with Crippen LogP contribution in [0.5, 0.6) is 0 Å². The smallest absolute Gasteiger partial charge is 0.0423 e. The molecule has 0 aromatic heterocycles. The van der Waals surface area contributed by atoms with E-state index in [4.69, 9.17) is 23.2 Å². The maximum atomic E-state index is 5.97. The van der Waals surface area contributed by atoms with E-state index in [1.807, 2.05) is 12.1 Å². The van der Waals surface area contributed by atoms with Crippen molar-refractivity contribution in [1.29, 1.82) is 0 Å². The fourth-order valence-corrected chi connectivity index (χ4v) is 2.31. The lowest BCUT2D eigenvalue weighted by molar-refractivity contribution is 0.596. The van der Waals surface area contributed by atoms with Gasteiger partial charge in [0.2, 0.25) is 0 Å². The average molecular weight is 231 g/mol. The predicted octanol–water partition coefficient (Wildman–Crippen LogP) is 5.29. The van der Waals surface area contributed by atoms with Crippen molar-refractivity contribution in [2.75, 3.05) is 0 Å². The second-order valence-electron chi connectivity index (χ2n) is 3.60. The predicted molar refractivity (Wildman–Crippen MR) is 64.4 cm³/mol. The van der Waals surface area contributed by atoms with Gasteiger partial charge in [0.15, 0.2) is 0 Å². The van der Waals surface area contributed by atoms with E-state index >= 15 is 0 Å². The Morgan fingerprint density at radius 1 is 1.07 bits per heavy atom. The minimum atomic E-state index is 0.594. The first-order valence-corrected chi connectivity index (χ1v) is 5.89. The van der Waals surface area contributed by atoms with Gasteiger partial charge in [-0.25, -0.2) is 0 Å². The van der Waals surface area contributed by atoms with Gasteiger partial charge in [-0.15, -0.1) is 0 Å². The van der Waals surface area contributed by atoms with Gasteiger partial charge < -0.3 is 0 Å². The fourth-order valence-electron chi connectivity index (χ4n) is 1.77. The highest BCUT2D eigenvalue weighted by molar-refractivity contribution is 6.34. The highest BCUT2D eigenvalue weighted by atomic mass is 35.5. The molecule has 0 amide bonds. The third kappa shape index (κ3) is 3.18. The van der Waals surface area contributed by atoms with Crippen LogP contribution in [0.15, 0.2) is 18.2 Å². The molecular formula is C12H16Cl2. The van der Waals surface area contributed by atoms with Crippen molar-refractivity contribution < 1.29 is 0 Å². The summed E-state index contributed by atoms with van der Waals surface area (Å²) in [6, 6.07) is 5.83. The lowest BCUT2D eigenvalue weighted by atomic mass is 9.92. The summed E-state index contributed by atoms with van der Waals surface area (Å²) in [6.45, 7) is 4.41. The number of benzene rings is 1. The van der Waals surface area contributed by atoms with Gasteiger partial charge >= 0.3 is 0 Å². The lowest BCUT2D eigenvalue weighted by Gasteiger charge is -2.14. The van der Waals surface area contributed by atoms with E-state index in [9.17, 15) is 0 Å². The molecule has 1 atom stereocenters.